The van der Waals surface area contributed by atoms with E-state index in [0.29, 0.717) is 0 Å². The molecule has 1 heterocycles. The Bertz CT molecular complexity index is 348. The molecule has 0 radical (unpaired) electrons. The third kappa shape index (κ3) is 4.21. The molecular weight excluding hydrogens is 242 g/mol. The topological polar surface area (TPSA) is 21.3 Å². The van der Waals surface area contributed by atoms with Crippen molar-refractivity contribution < 1.29 is 4.74 Å². The maximum absolute atomic E-state index is 5.38. The third-order valence-electron chi connectivity index (χ3n) is 3.50. The summed E-state index contributed by atoms with van der Waals surface area (Å²) in [6.45, 7) is 2.40. The zero-order valence-corrected chi connectivity index (χ0v) is 12.0. The van der Waals surface area contributed by atoms with Gasteiger partial charge in [-0.3, -0.25) is 0 Å². The lowest BCUT2D eigenvalue weighted by molar-refractivity contribution is 0.411. The highest BCUT2D eigenvalue weighted by Gasteiger charge is 2.12. The first-order valence-corrected chi connectivity index (χ1v) is 7.96. The van der Waals surface area contributed by atoms with Gasteiger partial charge in [-0.15, -0.1) is 0 Å². The van der Waals surface area contributed by atoms with Gasteiger partial charge in [0.25, 0.3) is 0 Å². The molecule has 1 N–H and O–H groups in total. The summed E-state index contributed by atoms with van der Waals surface area (Å²) in [5, 5.41) is 3.47. The first-order chi connectivity index (χ1) is 8.90. The molecule has 2 rings (SSSR count). The molecule has 1 atom stereocenters. The fourth-order valence-electron chi connectivity index (χ4n) is 2.42. The second-order valence-corrected chi connectivity index (χ2v) is 5.90. The maximum Gasteiger partial charge on any atom is 0.122 e. The number of hydrogen-bond donors (Lipinski definition) is 1. The van der Waals surface area contributed by atoms with Crippen LogP contribution in [0.1, 0.15) is 24.8 Å². The van der Waals surface area contributed by atoms with E-state index < -0.39 is 0 Å². The van der Waals surface area contributed by atoms with Crippen LogP contribution in [0.5, 0.6) is 5.75 Å². The van der Waals surface area contributed by atoms with Crippen LogP contribution in [-0.2, 0) is 5.75 Å². The highest BCUT2D eigenvalue weighted by atomic mass is 32.2. The van der Waals surface area contributed by atoms with Crippen LogP contribution in [0.3, 0.4) is 0 Å². The van der Waals surface area contributed by atoms with E-state index in [1.54, 1.807) is 7.11 Å². The molecule has 18 heavy (non-hydrogen) atoms. The van der Waals surface area contributed by atoms with Crippen LogP contribution in [0.15, 0.2) is 24.3 Å². The average Bonchev–Trinajstić information content (AvgIpc) is 2.68. The second-order valence-electron chi connectivity index (χ2n) is 4.87. The lowest BCUT2D eigenvalue weighted by Gasteiger charge is -2.13. The fraction of sp³-hybridized carbons (Fsp3) is 0.600. The Hall–Kier alpha value is -0.670. The van der Waals surface area contributed by atoms with Gasteiger partial charge in [-0.25, -0.2) is 0 Å². The van der Waals surface area contributed by atoms with Crippen molar-refractivity contribution in [1.82, 2.24) is 5.32 Å². The number of hydrogen-bond acceptors (Lipinski definition) is 3. The molecule has 0 aliphatic carbocycles. The lowest BCUT2D eigenvalue weighted by Crippen LogP contribution is -2.14. The van der Waals surface area contributed by atoms with Crippen LogP contribution in [-0.4, -0.2) is 26.0 Å². The Kier molecular flexibility index (Phi) is 5.88. The van der Waals surface area contributed by atoms with Crippen molar-refractivity contribution in [2.24, 2.45) is 5.92 Å². The van der Waals surface area contributed by atoms with E-state index in [-0.39, 0.29) is 0 Å². The number of methoxy groups -OCH3 is 1. The normalized spacial score (nSPS) is 20.4. The molecule has 0 spiro atoms. The average molecular weight is 265 g/mol. The summed E-state index contributed by atoms with van der Waals surface area (Å²) in [6.07, 6.45) is 4.05. The zero-order chi connectivity index (χ0) is 12.6. The van der Waals surface area contributed by atoms with E-state index in [0.717, 1.165) is 17.4 Å². The number of ether oxygens (including phenoxy) is 1. The first-order valence-electron chi connectivity index (χ1n) is 6.80. The molecule has 0 bridgehead atoms. The quantitative estimate of drug-likeness (QED) is 0.882. The van der Waals surface area contributed by atoms with E-state index in [1.165, 1.54) is 43.7 Å². The van der Waals surface area contributed by atoms with Crippen molar-refractivity contribution in [3.8, 4) is 5.75 Å². The summed E-state index contributed by atoms with van der Waals surface area (Å²) < 4.78 is 5.38. The Morgan fingerprint density at radius 1 is 1.28 bits per heavy atom. The fourth-order valence-corrected chi connectivity index (χ4v) is 3.66. The molecule has 1 saturated heterocycles. The predicted octanol–water partition coefficient (Wildman–Crippen LogP) is 3.32. The number of nitrogens with one attached hydrogen (secondary N) is 1. The molecule has 1 aromatic carbocycles. The smallest absolute Gasteiger partial charge is 0.122 e. The van der Waals surface area contributed by atoms with Crippen LogP contribution in [0, 0.1) is 5.92 Å². The summed E-state index contributed by atoms with van der Waals surface area (Å²) >= 11 is 2.04. The summed E-state index contributed by atoms with van der Waals surface area (Å²) in [6, 6.07) is 8.34. The predicted molar refractivity (Wildman–Crippen MR) is 79.4 cm³/mol. The Morgan fingerprint density at radius 2 is 2.17 bits per heavy atom. The van der Waals surface area contributed by atoms with E-state index >= 15 is 0 Å². The summed E-state index contributed by atoms with van der Waals surface area (Å²) in [7, 11) is 1.75. The van der Waals surface area contributed by atoms with Crippen molar-refractivity contribution >= 4 is 11.8 Å². The summed E-state index contributed by atoms with van der Waals surface area (Å²) in [5.74, 6) is 4.25. The molecular formula is C15H23NOS. The van der Waals surface area contributed by atoms with Gasteiger partial charge < -0.3 is 10.1 Å². The summed E-state index contributed by atoms with van der Waals surface area (Å²) in [5.41, 5.74) is 1.32. The van der Waals surface area contributed by atoms with Gasteiger partial charge in [0, 0.05) is 11.3 Å². The Balaban J connectivity index is 1.77. The van der Waals surface area contributed by atoms with Crippen LogP contribution >= 0.6 is 11.8 Å². The summed E-state index contributed by atoms with van der Waals surface area (Å²) in [4.78, 5) is 0. The molecule has 0 saturated carbocycles. The van der Waals surface area contributed by atoms with Crippen molar-refractivity contribution in [2.75, 3.05) is 26.0 Å². The SMILES string of the molecule is COc1ccccc1CSCC1CCCNCC1. The van der Waals surface area contributed by atoms with E-state index in [1.807, 2.05) is 23.9 Å². The molecule has 3 heteroatoms. The van der Waals surface area contributed by atoms with E-state index in [2.05, 4.69) is 17.4 Å². The van der Waals surface area contributed by atoms with Gasteiger partial charge >= 0.3 is 0 Å². The van der Waals surface area contributed by atoms with Crippen molar-refractivity contribution in [1.29, 1.82) is 0 Å². The molecule has 1 aliphatic rings. The standard InChI is InChI=1S/C15H23NOS/c1-17-15-7-3-2-6-14(15)12-18-11-13-5-4-9-16-10-8-13/h2-3,6-7,13,16H,4-5,8-12H2,1H3. The number of thioether (sulfide) groups is 1. The minimum Gasteiger partial charge on any atom is -0.496 e. The molecule has 1 aromatic rings. The van der Waals surface area contributed by atoms with Gasteiger partial charge in [0.05, 0.1) is 7.11 Å². The van der Waals surface area contributed by atoms with Crippen LogP contribution in [0.25, 0.3) is 0 Å². The molecule has 2 nitrogen and oxygen atoms in total. The van der Waals surface area contributed by atoms with Crippen molar-refractivity contribution in [2.45, 2.75) is 25.0 Å². The van der Waals surface area contributed by atoms with Gasteiger partial charge in [0.15, 0.2) is 0 Å². The van der Waals surface area contributed by atoms with E-state index in [9.17, 15) is 0 Å². The maximum atomic E-state index is 5.38. The first kappa shape index (κ1) is 13.8. The highest BCUT2D eigenvalue weighted by molar-refractivity contribution is 7.98. The highest BCUT2D eigenvalue weighted by Crippen LogP contribution is 2.26. The van der Waals surface area contributed by atoms with Gasteiger partial charge in [-0.05, 0) is 50.1 Å². The monoisotopic (exact) mass is 265 g/mol. The number of para-hydroxylation sites is 1. The molecule has 1 unspecified atom stereocenters. The molecule has 100 valence electrons. The van der Waals surface area contributed by atoms with Crippen molar-refractivity contribution in [3.63, 3.8) is 0 Å². The Morgan fingerprint density at radius 3 is 3.06 bits per heavy atom. The third-order valence-corrected chi connectivity index (χ3v) is 4.72. The minimum atomic E-state index is 0.889. The van der Waals surface area contributed by atoms with Gasteiger partial charge in [0.1, 0.15) is 5.75 Å². The molecule has 1 fully saturated rings. The van der Waals surface area contributed by atoms with Gasteiger partial charge in [0.2, 0.25) is 0 Å². The number of benzene rings is 1. The van der Waals surface area contributed by atoms with Crippen LogP contribution < -0.4 is 10.1 Å². The van der Waals surface area contributed by atoms with Crippen LogP contribution in [0.2, 0.25) is 0 Å². The largest absolute Gasteiger partial charge is 0.496 e. The number of rotatable bonds is 5. The zero-order valence-electron chi connectivity index (χ0n) is 11.2. The van der Waals surface area contributed by atoms with E-state index in [4.69, 9.17) is 4.74 Å². The van der Waals surface area contributed by atoms with Gasteiger partial charge in [-0.1, -0.05) is 18.2 Å². The van der Waals surface area contributed by atoms with Crippen molar-refractivity contribution in [3.05, 3.63) is 29.8 Å². The van der Waals surface area contributed by atoms with Gasteiger partial charge in [-0.2, -0.15) is 11.8 Å². The molecule has 1 aliphatic heterocycles. The molecule has 0 aromatic heterocycles. The second kappa shape index (κ2) is 7.70. The van der Waals surface area contributed by atoms with Crippen LogP contribution in [0.4, 0.5) is 0 Å². The lowest BCUT2D eigenvalue weighted by atomic mass is 10.0. The Labute approximate surface area is 114 Å². The minimum absolute atomic E-state index is 0.889. The molecule has 0 amide bonds.